The minimum atomic E-state index is -4.32. The van der Waals surface area contributed by atoms with E-state index in [0.29, 0.717) is 13.1 Å². The van der Waals surface area contributed by atoms with Gasteiger partial charge in [-0.1, -0.05) is 6.92 Å². The molecule has 3 nitrogen and oxygen atoms in total. The van der Waals surface area contributed by atoms with Crippen molar-refractivity contribution in [2.75, 3.05) is 26.7 Å². The van der Waals surface area contributed by atoms with Gasteiger partial charge in [-0.3, -0.25) is 4.79 Å². The molecular weight excluding hydrogens is 209 g/mol. The van der Waals surface area contributed by atoms with Crippen molar-refractivity contribution in [3.8, 4) is 0 Å². The first kappa shape index (κ1) is 12.3. The Morgan fingerprint density at radius 3 is 2.47 bits per heavy atom. The Kier molecular flexibility index (Phi) is 3.59. The molecule has 0 bridgehead atoms. The Hall–Kier alpha value is -0.780. The van der Waals surface area contributed by atoms with Crippen molar-refractivity contribution in [1.29, 1.82) is 0 Å². The Morgan fingerprint density at radius 1 is 1.47 bits per heavy atom. The van der Waals surface area contributed by atoms with Crippen LogP contribution in [-0.2, 0) is 4.79 Å². The van der Waals surface area contributed by atoms with Crippen LogP contribution in [0, 0.1) is 11.8 Å². The van der Waals surface area contributed by atoms with Crippen LogP contribution in [0.5, 0.6) is 0 Å². The Bertz CT molecular complexity index is 242. The highest BCUT2D eigenvalue weighted by molar-refractivity contribution is 5.79. The van der Waals surface area contributed by atoms with Crippen LogP contribution in [-0.4, -0.2) is 43.7 Å². The SMILES string of the molecule is CC1CNCC1C(=O)N(C)CC(F)(F)F. The van der Waals surface area contributed by atoms with Crippen molar-refractivity contribution >= 4 is 5.91 Å². The van der Waals surface area contributed by atoms with Crippen LogP contribution in [0.2, 0.25) is 0 Å². The average Bonchev–Trinajstić information content (AvgIpc) is 2.47. The van der Waals surface area contributed by atoms with E-state index >= 15 is 0 Å². The number of hydrogen-bond donors (Lipinski definition) is 1. The average molecular weight is 224 g/mol. The summed E-state index contributed by atoms with van der Waals surface area (Å²) in [5.74, 6) is -0.643. The lowest BCUT2D eigenvalue weighted by Crippen LogP contribution is -2.41. The van der Waals surface area contributed by atoms with E-state index in [2.05, 4.69) is 5.32 Å². The summed E-state index contributed by atoms with van der Waals surface area (Å²) in [7, 11) is 1.20. The van der Waals surface area contributed by atoms with Crippen LogP contribution in [0.4, 0.5) is 13.2 Å². The van der Waals surface area contributed by atoms with Crippen LogP contribution in [0.25, 0.3) is 0 Å². The van der Waals surface area contributed by atoms with E-state index in [4.69, 9.17) is 0 Å². The van der Waals surface area contributed by atoms with Crippen LogP contribution < -0.4 is 5.32 Å². The van der Waals surface area contributed by atoms with E-state index in [1.165, 1.54) is 7.05 Å². The van der Waals surface area contributed by atoms with Gasteiger partial charge in [-0.05, 0) is 12.5 Å². The molecule has 1 amide bonds. The van der Waals surface area contributed by atoms with Crippen LogP contribution in [0.15, 0.2) is 0 Å². The molecule has 2 atom stereocenters. The smallest absolute Gasteiger partial charge is 0.336 e. The van der Waals surface area contributed by atoms with Gasteiger partial charge in [0.15, 0.2) is 0 Å². The van der Waals surface area contributed by atoms with Gasteiger partial charge in [0.25, 0.3) is 0 Å². The highest BCUT2D eigenvalue weighted by Crippen LogP contribution is 2.21. The van der Waals surface area contributed by atoms with E-state index < -0.39 is 18.6 Å². The van der Waals surface area contributed by atoms with Crippen molar-refractivity contribution in [2.45, 2.75) is 13.1 Å². The molecule has 0 aromatic carbocycles. The number of carbonyl (C=O) groups is 1. The van der Waals surface area contributed by atoms with Gasteiger partial charge in [0.1, 0.15) is 6.54 Å². The molecule has 15 heavy (non-hydrogen) atoms. The van der Waals surface area contributed by atoms with Crippen molar-refractivity contribution in [1.82, 2.24) is 10.2 Å². The third kappa shape index (κ3) is 3.37. The summed E-state index contributed by atoms with van der Waals surface area (Å²) < 4.78 is 36.1. The van der Waals surface area contributed by atoms with E-state index in [1.54, 1.807) is 0 Å². The third-order valence-corrected chi connectivity index (χ3v) is 2.63. The zero-order chi connectivity index (χ0) is 11.6. The lowest BCUT2D eigenvalue weighted by atomic mass is 9.97. The molecule has 1 aliphatic rings. The van der Waals surface area contributed by atoms with Crippen LogP contribution in [0.3, 0.4) is 0 Å². The maximum atomic E-state index is 12.0. The number of rotatable bonds is 2. The van der Waals surface area contributed by atoms with E-state index in [9.17, 15) is 18.0 Å². The summed E-state index contributed by atoms with van der Waals surface area (Å²) in [5.41, 5.74) is 0. The molecule has 1 N–H and O–H groups in total. The first-order chi connectivity index (χ1) is 6.81. The first-order valence-corrected chi connectivity index (χ1v) is 4.83. The topological polar surface area (TPSA) is 32.3 Å². The molecule has 0 aromatic heterocycles. The summed E-state index contributed by atoms with van der Waals surface area (Å²) in [4.78, 5) is 12.4. The molecule has 1 fully saturated rings. The van der Waals surface area contributed by atoms with Crippen molar-refractivity contribution in [3.63, 3.8) is 0 Å². The summed E-state index contributed by atoms with van der Waals surface area (Å²) in [6.07, 6.45) is -4.32. The molecule has 0 saturated carbocycles. The lowest BCUT2D eigenvalue weighted by molar-refractivity contribution is -0.161. The number of halogens is 3. The number of amides is 1. The molecule has 6 heteroatoms. The summed E-state index contributed by atoms with van der Waals surface area (Å²) >= 11 is 0. The zero-order valence-electron chi connectivity index (χ0n) is 8.77. The van der Waals surface area contributed by atoms with Gasteiger partial charge < -0.3 is 10.2 Å². The fourth-order valence-electron chi connectivity index (χ4n) is 1.77. The normalized spacial score (nSPS) is 26.7. The molecule has 88 valence electrons. The molecule has 0 aromatic rings. The van der Waals surface area contributed by atoms with Gasteiger partial charge in [-0.25, -0.2) is 0 Å². The number of nitrogens with zero attached hydrogens (tertiary/aromatic N) is 1. The maximum absolute atomic E-state index is 12.0. The highest BCUT2D eigenvalue weighted by Gasteiger charge is 2.36. The monoisotopic (exact) mass is 224 g/mol. The molecule has 1 aliphatic heterocycles. The molecule has 2 unspecified atom stereocenters. The zero-order valence-corrected chi connectivity index (χ0v) is 8.77. The van der Waals surface area contributed by atoms with Gasteiger partial charge >= 0.3 is 6.18 Å². The predicted octanol–water partition coefficient (Wildman–Crippen LogP) is 0.863. The standard InChI is InChI=1S/C9H15F3N2O/c1-6-3-13-4-7(6)8(15)14(2)5-9(10,11)12/h6-7,13H,3-5H2,1-2H3. The molecular formula is C9H15F3N2O. The minimum Gasteiger partial charge on any atom is -0.336 e. The third-order valence-electron chi connectivity index (χ3n) is 2.63. The van der Waals surface area contributed by atoms with E-state index in [0.717, 1.165) is 4.90 Å². The second-order valence-electron chi connectivity index (χ2n) is 4.05. The van der Waals surface area contributed by atoms with Gasteiger partial charge in [0, 0.05) is 13.6 Å². The highest BCUT2D eigenvalue weighted by atomic mass is 19.4. The Morgan fingerprint density at radius 2 is 2.07 bits per heavy atom. The molecule has 0 spiro atoms. The van der Waals surface area contributed by atoms with E-state index in [1.807, 2.05) is 6.92 Å². The molecule has 1 rings (SSSR count). The quantitative estimate of drug-likeness (QED) is 0.754. The second-order valence-corrected chi connectivity index (χ2v) is 4.05. The summed E-state index contributed by atoms with van der Waals surface area (Å²) in [5, 5.41) is 2.99. The summed E-state index contributed by atoms with van der Waals surface area (Å²) in [6.45, 7) is 1.86. The summed E-state index contributed by atoms with van der Waals surface area (Å²) in [6, 6.07) is 0. The van der Waals surface area contributed by atoms with Gasteiger partial charge in [-0.2, -0.15) is 13.2 Å². The number of carbonyl (C=O) groups excluding carboxylic acids is 1. The molecule has 0 aliphatic carbocycles. The Labute approximate surface area is 86.6 Å². The predicted molar refractivity (Wildman–Crippen MR) is 49.2 cm³/mol. The van der Waals surface area contributed by atoms with Crippen LogP contribution >= 0.6 is 0 Å². The largest absolute Gasteiger partial charge is 0.406 e. The van der Waals surface area contributed by atoms with Crippen molar-refractivity contribution in [2.24, 2.45) is 11.8 Å². The van der Waals surface area contributed by atoms with Crippen molar-refractivity contribution < 1.29 is 18.0 Å². The van der Waals surface area contributed by atoms with Gasteiger partial charge in [-0.15, -0.1) is 0 Å². The first-order valence-electron chi connectivity index (χ1n) is 4.83. The Balaban J connectivity index is 2.52. The lowest BCUT2D eigenvalue weighted by Gasteiger charge is -2.23. The van der Waals surface area contributed by atoms with E-state index in [-0.39, 0.29) is 11.8 Å². The molecule has 0 radical (unpaired) electrons. The minimum absolute atomic E-state index is 0.105. The fraction of sp³-hybridized carbons (Fsp3) is 0.889. The number of alkyl halides is 3. The van der Waals surface area contributed by atoms with Crippen molar-refractivity contribution in [3.05, 3.63) is 0 Å². The van der Waals surface area contributed by atoms with Crippen LogP contribution in [0.1, 0.15) is 6.92 Å². The fourth-order valence-corrected chi connectivity index (χ4v) is 1.77. The van der Waals surface area contributed by atoms with Gasteiger partial charge in [0.2, 0.25) is 5.91 Å². The molecule has 1 saturated heterocycles. The maximum Gasteiger partial charge on any atom is 0.406 e. The molecule has 1 heterocycles. The number of nitrogens with one attached hydrogen (secondary N) is 1. The number of hydrogen-bond acceptors (Lipinski definition) is 2. The second kappa shape index (κ2) is 4.38. The van der Waals surface area contributed by atoms with Gasteiger partial charge in [0.05, 0.1) is 5.92 Å².